The third kappa shape index (κ3) is 2.97. The van der Waals surface area contributed by atoms with E-state index in [1.807, 2.05) is 0 Å². The van der Waals surface area contributed by atoms with Gasteiger partial charge in [-0.3, -0.25) is 29.0 Å². The smallest absolute Gasteiger partial charge is 0.254 e. The van der Waals surface area contributed by atoms with Gasteiger partial charge in [-0.25, -0.2) is 0 Å². The van der Waals surface area contributed by atoms with Gasteiger partial charge in [-0.05, 0) is 29.8 Å². The summed E-state index contributed by atoms with van der Waals surface area (Å²) >= 11 is 0. The molecule has 34 heavy (non-hydrogen) atoms. The van der Waals surface area contributed by atoms with E-state index in [1.165, 1.54) is 12.0 Å². The normalized spacial score (nSPS) is 21.6. The molecule has 2 unspecified atom stereocenters. The third-order valence-electron chi connectivity index (χ3n) is 6.23. The second kappa shape index (κ2) is 8.12. The van der Waals surface area contributed by atoms with Crippen LogP contribution in [0.15, 0.2) is 97.1 Å². The van der Waals surface area contributed by atoms with Crippen LogP contribution in [0.3, 0.4) is 0 Å². The van der Waals surface area contributed by atoms with Gasteiger partial charge in [0.25, 0.3) is 17.7 Å². The summed E-state index contributed by atoms with van der Waals surface area (Å²) in [6.07, 6.45) is 2.24. The first-order valence-electron chi connectivity index (χ1n) is 10.7. The number of carbonyl (C=O) groups is 4. The average molecular weight is 452 g/mol. The molecule has 0 bridgehead atoms. The molecule has 3 amide bonds. The molecule has 2 aliphatic rings. The molecule has 2 heterocycles. The minimum Gasteiger partial charge on any atom is -0.497 e. The molecule has 0 saturated carbocycles. The van der Waals surface area contributed by atoms with Crippen molar-refractivity contribution in [2.45, 2.75) is 11.6 Å². The van der Waals surface area contributed by atoms with Gasteiger partial charge in [0.05, 0.1) is 7.11 Å². The van der Waals surface area contributed by atoms with Crippen LogP contribution in [0.1, 0.15) is 15.9 Å². The number of nitrogens with zero attached hydrogens (tertiary/aromatic N) is 2. The van der Waals surface area contributed by atoms with Crippen molar-refractivity contribution < 1.29 is 23.9 Å². The van der Waals surface area contributed by atoms with Gasteiger partial charge in [-0.1, -0.05) is 60.7 Å². The first kappa shape index (κ1) is 21.3. The van der Waals surface area contributed by atoms with Gasteiger partial charge in [0.15, 0.2) is 17.4 Å². The van der Waals surface area contributed by atoms with Gasteiger partial charge in [0.1, 0.15) is 5.75 Å². The number of β-lactam (4-membered cyclic amide) rings is 1. The summed E-state index contributed by atoms with van der Waals surface area (Å²) < 4.78 is 5.24. The molecular formula is C27H20N2O5. The highest BCUT2D eigenvalue weighted by Crippen LogP contribution is 2.50. The van der Waals surface area contributed by atoms with Crippen LogP contribution in [0, 0.1) is 0 Å². The molecule has 0 N–H and O–H groups in total. The Balaban J connectivity index is 1.77. The molecule has 2 atom stereocenters. The summed E-state index contributed by atoms with van der Waals surface area (Å²) in [4.78, 5) is 55.6. The first-order chi connectivity index (χ1) is 16.5. The lowest BCUT2D eigenvalue weighted by atomic mass is 9.67. The number of benzene rings is 3. The van der Waals surface area contributed by atoms with E-state index >= 15 is 0 Å². The molecule has 5 rings (SSSR count). The molecular weight excluding hydrogens is 432 g/mol. The fraction of sp³-hybridized carbons (Fsp3) is 0.111. The van der Waals surface area contributed by atoms with Crippen molar-refractivity contribution in [3.8, 4) is 5.75 Å². The number of ketones is 1. The zero-order valence-electron chi connectivity index (χ0n) is 18.3. The zero-order chi connectivity index (χ0) is 23.9. The highest BCUT2D eigenvalue weighted by atomic mass is 16.5. The Morgan fingerprint density at radius 2 is 1.35 bits per heavy atom. The van der Waals surface area contributed by atoms with Crippen molar-refractivity contribution >= 4 is 29.2 Å². The third-order valence-corrected chi connectivity index (χ3v) is 6.23. The van der Waals surface area contributed by atoms with Crippen LogP contribution < -0.4 is 9.64 Å². The van der Waals surface area contributed by atoms with Gasteiger partial charge >= 0.3 is 0 Å². The van der Waals surface area contributed by atoms with E-state index in [-0.39, 0.29) is 0 Å². The average Bonchev–Trinajstić information content (AvgIpc) is 3.20. The van der Waals surface area contributed by atoms with Gasteiger partial charge in [-0.15, -0.1) is 0 Å². The van der Waals surface area contributed by atoms with Crippen molar-refractivity contribution in [3.05, 3.63) is 108 Å². The minimum absolute atomic E-state index is 0.356. The molecule has 7 heteroatoms. The van der Waals surface area contributed by atoms with Crippen molar-refractivity contribution in [2.75, 3.05) is 12.0 Å². The summed E-state index contributed by atoms with van der Waals surface area (Å²) in [7, 11) is 1.53. The number of amides is 3. The molecule has 1 fully saturated rings. The van der Waals surface area contributed by atoms with Crippen molar-refractivity contribution in [2.24, 2.45) is 0 Å². The van der Waals surface area contributed by atoms with Crippen LogP contribution in [0.5, 0.6) is 5.75 Å². The lowest BCUT2D eigenvalue weighted by Gasteiger charge is -2.58. The molecule has 0 aromatic heterocycles. The Morgan fingerprint density at radius 1 is 0.794 bits per heavy atom. The predicted octanol–water partition coefficient (Wildman–Crippen LogP) is 3.11. The molecule has 3 aromatic carbocycles. The summed E-state index contributed by atoms with van der Waals surface area (Å²) in [6.45, 7) is 0. The summed E-state index contributed by atoms with van der Waals surface area (Å²) in [6, 6.07) is 22.7. The molecule has 7 nitrogen and oxygen atoms in total. The maximum absolute atomic E-state index is 14.3. The second-order valence-corrected chi connectivity index (χ2v) is 7.98. The standard InChI is InChI=1S/C27H20N2O5/c1-34-21-14-12-20(13-15-21)29-26(33)24(28-22(30)16-17-23(28)31)27(29,19-10-6-3-7-11-19)25(32)18-8-4-2-5-9-18/h2-17,24H,1H3. The largest absolute Gasteiger partial charge is 0.497 e. The van der Waals surface area contributed by atoms with Crippen molar-refractivity contribution in [1.29, 1.82) is 0 Å². The monoisotopic (exact) mass is 452 g/mol. The maximum Gasteiger partial charge on any atom is 0.254 e. The summed E-state index contributed by atoms with van der Waals surface area (Å²) in [5.74, 6) is -1.59. The van der Waals surface area contributed by atoms with Crippen LogP contribution in [0.25, 0.3) is 0 Å². The molecule has 0 spiro atoms. The topological polar surface area (TPSA) is 84.0 Å². The van der Waals surface area contributed by atoms with E-state index in [2.05, 4.69) is 0 Å². The zero-order valence-corrected chi connectivity index (χ0v) is 18.3. The Kier molecular flexibility index (Phi) is 5.09. The summed E-state index contributed by atoms with van der Waals surface area (Å²) in [5.41, 5.74) is -0.348. The number of anilines is 1. The van der Waals surface area contributed by atoms with Crippen LogP contribution in [0.4, 0.5) is 5.69 Å². The Morgan fingerprint density at radius 3 is 1.91 bits per heavy atom. The number of Topliss-reactive ketones (excluding diaryl/α,β-unsaturated/α-hetero) is 1. The van der Waals surface area contributed by atoms with Crippen LogP contribution in [-0.4, -0.2) is 41.6 Å². The fourth-order valence-corrected chi connectivity index (χ4v) is 4.70. The summed E-state index contributed by atoms with van der Waals surface area (Å²) in [5, 5.41) is 0. The lowest BCUT2D eigenvalue weighted by molar-refractivity contribution is -0.152. The Bertz CT molecular complexity index is 1300. The predicted molar refractivity (Wildman–Crippen MR) is 124 cm³/mol. The van der Waals surface area contributed by atoms with Crippen LogP contribution >= 0.6 is 0 Å². The number of hydrogen-bond donors (Lipinski definition) is 0. The number of rotatable bonds is 6. The highest BCUT2D eigenvalue weighted by molar-refractivity contribution is 6.26. The Hall–Kier alpha value is -4.52. The molecule has 3 aromatic rings. The Labute approximate surface area is 195 Å². The molecule has 1 saturated heterocycles. The minimum atomic E-state index is -1.65. The number of methoxy groups -OCH3 is 1. The number of imide groups is 1. The van der Waals surface area contributed by atoms with Crippen LogP contribution in [-0.2, 0) is 19.9 Å². The van der Waals surface area contributed by atoms with Crippen LogP contribution in [0.2, 0.25) is 0 Å². The first-order valence-corrected chi connectivity index (χ1v) is 10.7. The SMILES string of the molecule is COc1ccc(N2C(=O)C(N3C(=O)C=CC3=O)C2(C(=O)c2ccccc2)c2ccccc2)cc1. The van der Waals surface area contributed by atoms with Gasteiger partial charge in [0, 0.05) is 23.4 Å². The van der Waals surface area contributed by atoms with Gasteiger partial charge in [-0.2, -0.15) is 0 Å². The van der Waals surface area contributed by atoms with E-state index in [4.69, 9.17) is 4.74 Å². The number of carbonyl (C=O) groups excluding carboxylic acids is 4. The van der Waals surface area contributed by atoms with E-state index in [9.17, 15) is 19.2 Å². The van der Waals surface area contributed by atoms with E-state index in [0.29, 0.717) is 22.6 Å². The fourth-order valence-electron chi connectivity index (χ4n) is 4.70. The molecule has 168 valence electrons. The quantitative estimate of drug-likeness (QED) is 0.326. The van der Waals surface area contributed by atoms with Gasteiger partial charge < -0.3 is 4.74 Å². The molecule has 0 aliphatic carbocycles. The van der Waals surface area contributed by atoms with E-state index < -0.39 is 35.1 Å². The number of hydrogen-bond acceptors (Lipinski definition) is 5. The number of ether oxygens (including phenoxy) is 1. The van der Waals surface area contributed by atoms with Crippen molar-refractivity contribution in [1.82, 2.24) is 4.90 Å². The van der Waals surface area contributed by atoms with Crippen molar-refractivity contribution in [3.63, 3.8) is 0 Å². The van der Waals surface area contributed by atoms with E-state index in [1.54, 1.807) is 84.9 Å². The molecule has 0 radical (unpaired) electrons. The van der Waals surface area contributed by atoms with E-state index in [0.717, 1.165) is 17.1 Å². The van der Waals surface area contributed by atoms with Gasteiger partial charge in [0.2, 0.25) is 0 Å². The molecule has 2 aliphatic heterocycles. The lowest BCUT2D eigenvalue weighted by Crippen LogP contribution is -2.81. The second-order valence-electron chi connectivity index (χ2n) is 7.98. The maximum atomic E-state index is 14.3. The highest BCUT2D eigenvalue weighted by Gasteiger charge is 2.70.